The number of rotatable bonds is 4. The summed E-state index contributed by atoms with van der Waals surface area (Å²) in [5.74, 6) is -1.01. The Labute approximate surface area is 112 Å². The van der Waals surface area contributed by atoms with Crippen molar-refractivity contribution in [2.75, 3.05) is 0 Å². The second-order valence-corrected chi connectivity index (χ2v) is 5.37. The van der Waals surface area contributed by atoms with Crippen LogP contribution >= 0.6 is 0 Å². The summed E-state index contributed by atoms with van der Waals surface area (Å²) in [7, 11) is -4.11. The summed E-state index contributed by atoms with van der Waals surface area (Å²) < 4.78 is 69.8. The Balaban J connectivity index is 2.17. The van der Waals surface area contributed by atoms with Gasteiger partial charge in [0, 0.05) is 6.07 Å². The molecule has 0 radical (unpaired) electrons. The molecule has 0 aliphatic heterocycles. The maximum Gasteiger partial charge on any atom is 0.416 e. The van der Waals surface area contributed by atoms with Gasteiger partial charge in [-0.05, 0) is 18.2 Å². The van der Waals surface area contributed by atoms with Crippen LogP contribution < -0.4 is 4.18 Å². The third kappa shape index (κ3) is 3.73. The molecule has 0 aliphatic rings. The first-order chi connectivity index (χ1) is 9.26. The molecule has 0 fully saturated rings. The van der Waals surface area contributed by atoms with E-state index in [9.17, 15) is 21.6 Å². The van der Waals surface area contributed by atoms with E-state index in [0.29, 0.717) is 6.07 Å². The summed E-state index contributed by atoms with van der Waals surface area (Å²) in [6.45, 7) is 0. The molecular formula is C11H8F3NO4S. The van der Waals surface area contributed by atoms with Crippen LogP contribution in [0.15, 0.2) is 41.1 Å². The highest BCUT2D eigenvalue weighted by molar-refractivity contribution is 7.86. The van der Waals surface area contributed by atoms with Crippen molar-refractivity contribution in [1.29, 1.82) is 0 Å². The van der Waals surface area contributed by atoms with E-state index in [1.165, 1.54) is 12.3 Å². The summed E-state index contributed by atoms with van der Waals surface area (Å²) in [6, 6.07) is 4.92. The predicted octanol–water partition coefficient (Wildman–Crippen LogP) is 2.60. The molecule has 1 aromatic carbocycles. The number of nitrogens with zero attached hydrogens (tertiary/aromatic N) is 1. The Hall–Kier alpha value is -2.03. The van der Waals surface area contributed by atoms with E-state index in [1.54, 1.807) is 0 Å². The van der Waals surface area contributed by atoms with E-state index >= 15 is 0 Å². The zero-order chi connectivity index (χ0) is 14.8. The van der Waals surface area contributed by atoms with Crippen molar-refractivity contribution >= 4 is 10.1 Å². The lowest BCUT2D eigenvalue weighted by Crippen LogP contribution is -2.13. The minimum absolute atomic E-state index is 0.0944. The van der Waals surface area contributed by atoms with Crippen molar-refractivity contribution in [2.24, 2.45) is 0 Å². The molecule has 1 aromatic heterocycles. The standard InChI is InChI=1S/C11H8F3NO4S/c12-11(13,14)8-2-1-3-10(6-8)19-20(16,17)7-9-4-5-18-15-9/h1-6H,7H2. The molecule has 5 nitrogen and oxygen atoms in total. The molecular weight excluding hydrogens is 299 g/mol. The van der Waals surface area contributed by atoms with Crippen molar-refractivity contribution in [3.8, 4) is 5.75 Å². The zero-order valence-electron chi connectivity index (χ0n) is 9.79. The Kier molecular flexibility index (Phi) is 3.71. The smallest absolute Gasteiger partial charge is 0.382 e. The lowest BCUT2D eigenvalue weighted by molar-refractivity contribution is -0.137. The van der Waals surface area contributed by atoms with Crippen LogP contribution in [0.3, 0.4) is 0 Å². The number of benzene rings is 1. The Morgan fingerprint density at radius 2 is 2.00 bits per heavy atom. The van der Waals surface area contributed by atoms with Gasteiger partial charge in [-0.15, -0.1) is 0 Å². The average molecular weight is 307 g/mol. The molecule has 0 aliphatic carbocycles. The van der Waals surface area contributed by atoms with E-state index in [2.05, 4.69) is 13.9 Å². The fraction of sp³-hybridized carbons (Fsp3) is 0.182. The van der Waals surface area contributed by atoms with Crippen molar-refractivity contribution in [1.82, 2.24) is 5.16 Å². The zero-order valence-corrected chi connectivity index (χ0v) is 10.6. The van der Waals surface area contributed by atoms with Gasteiger partial charge in [-0.1, -0.05) is 11.2 Å². The molecule has 0 atom stereocenters. The van der Waals surface area contributed by atoms with Gasteiger partial charge in [0.25, 0.3) is 0 Å². The maximum absolute atomic E-state index is 12.5. The molecule has 0 saturated carbocycles. The minimum atomic E-state index is -4.57. The van der Waals surface area contributed by atoms with Crippen LogP contribution in [0.2, 0.25) is 0 Å². The maximum atomic E-state index is 12.5. The highest BCUT2D eigenvalue weighted by atomic mass is 32.2. The molecule has 0 N–H and O–H groups in total. The highest BCUT2D eigenvalue weighted by Gasteiger charge is 2.31. The summed E-state index contributed by atoms with van der Waals surface area (Å²) in [4.78, 5) is 0. The number of alkyl halides is 3. The van der Waals surface area contributed by atoms with Crippen molar-refractivity contribution in [3.05, 3.63) is 47.9 Å². The minimum Gasteiger partial charge on any atom is -0.382 e. The number of halogens is 3. The molecule has 0 unspecified atom stereocenters. The van der Waals surface area contributed by atoms with Gasteiger partial charge in [-0.3, -0.25) is 0 Å². The van der Waals surface area contributed by atoms with Crippen LogP contribution in [0.25, 0.3) is 0 Å². The Morgan fingerprint density at radius 1 is 1.25 bits per heavy atom. The van der Waals surface area contributed by atoms with Crippen LogP contribution in [0.1, 0.15) is 11.3 Å². The van der Waals surface area contributed by atoms with Gasteiger partial charge in [0.15, 0.2) is 0 Å². The average Bonchev–Trinajstić information content (AvgIpc) is 2.79. The highest BCUT2D eigenvalue weighted by Crippen LogP contribution is 2.31. The third-order valence-electron chi connectivity index (χ3n) is 2.20. The summed E-state index contributed by atoms with van der Waals surface area (Å²) in [5.41, 5.74) is -0.899. The van der Waals surface area contributed by atoms with E-state index in [-0.39, 0.29) is 5.69 Å². The van der Waals surface area contributed by atoms with Gasteiger partial charge in [-0.25, -0.2) is 0 Å². The number of hydrogen-bond donors (Lipinski definition) is 0. The topological polar surface area (TPSA) is 69.4 Å². The monoisotopic (exact) mass is 307 g/mol. The molecule has 0 bridgehead atoms. The Morgan fingerprint density at radius 3 is 2.60 bits per heavy atom. The summed E-state index contributed by atoms with van der Waals surface area (Å²) >= 11 is 0. The molecule has 108 valence electrons. The summed E-state index contributed by atoms with van der Waals surface area (Å²) in [6.07, 6.45) is -3.40. The lowest BCUT2D eigenvalue weighted by Gasteiger charge is -2.09. The largest absolute Gasteiger partial charge is 0.416 e. The molecule has 0 amide bonds. The first-order valence-electron chi connectivity index (χ1n) is 5.25. The van der Waals surface area contributed by atoms with Crippen LogP contribution in [-0.4, -0.2) is 13.6 Å². The number of hydrogen-bond acceptors (Lipinski definition) is 5. The molecule has 0 saturated heterocycles. The molecule has 2 aromatic rings. The van der Waals surface area contributed by atoms with E-state index in [1.807, 2.05) is 0 Å². The fourth-order valence-electron chi connectivity index (χ4n) is 1.39. The van der Waals surface area contributed by atoms with Crippen molar-refractivity contribution in [2.45, 2.75) is 11.9 Å². The second-order valence-electron chi connectivity index (χ2n) is 3.80. The second kappa shape index (κ2) is 5.16. The van der Waals surface area contributed by atoms with Gasteiger partial charge in [0.1, 0.15) is 23.5 Å². The molecule has 1 heterocycles. The predicted molar refractivity (Wildman–Crippen MR) is 61.2 cm³/mol. The van der Waals surface area contributed by atoms with Crippen LogP contribution in [0.4, 0.5) is 13.2 Å². The van der Waals surface area contributed by atoms with Crippen molar-refractivity contribution in [3.63, 3.8) is 0 Å². The van der Waals surface area contributed by atoms with Crippen LogP contribution in [0, 0.1) is 0 Å². The molecule has 9 heteroatoms. The van der Waals surface area contributed by atoms with Gasteiger partial charge in [0.05, 0.1) is 5.56 Å². The quantitative estimate of drug-likeness (QED) is 0.812. The lowest BCUT2D eigenvalue weighted by atomic mass is 10.2. The van der Waals surface area contributed by atoms with Gasteiger partial charge in [-0.2, -0.15) is 21.6 Å². The van der Waals surface area contributed by atoms with Crippen LogP contribution in [-0.2, 0) is 22.0 Å². The third-order valence-corrected chi connectivity index (χ3v) is 3.30. The first-order valence-corrected chi connectivity index (χ1v) is 6.83. The summed E-state index contributed by atoms with van der Waals surface area (Å²) in [5, 5.41) is 3.39. The fourth-order valence-corrected chi connectivity index (χ4v) is 2.36. The Bertz CT molecular complexity index is 680. The molecule has 0 spiro atoms. The van der Waals surface area contributed by atoms with E-state index in [0.717, 1.165) is 18.2 Å². The van der Waals surface area contributed by atoms with E-state index in [4.69, 9.17) is 0 Å². The normalized spacial score (nSPS) is 12.3. The van der Waals surface area contributed by atoms with Gasteiger partial charge >= 0.3 is 16.3 Å². The van der Waals surface area contributed by atoms with Crippen molar-refractivity contribution < 1.29 is 30.3 Å². The number of aromatic nitrogens is 1. The van der Waals surface area contributed by atoms with Crippen LogP contribution in [0.5, 0.6) is 5.75 Å². The van der Waals surface area contributed by atoms with Gasteiger partial charge < -0.3 is 8.71 Å². The first kappa shape index (κ1) is 14.4. The van der Waals surface area contributed by atoms with E-state index < -0.39 is 33.4 Å². The molecule has 2 rings (SSSR count). The SMILES string of the molecule is O=S(=O)(Cc1ccon1)Oc1cccc(C(F)(F)F)c1. The van der Waals surface area contributed by atoms with Gasteiger partial charge in [0.2, 0.25) is 0 Å². The molecule has 20 heavy (non-hydrogen) atoms.